The molecule has 14 heteroatoms. The normalized spacial score (nSPS) is 16.1. The zero-order chi connectivity index (χ0) is 26.8. The van der Waals surface area contributed by atoms with Gasteiger partial charge in [0.05, 0.1) is 29.3 Å². The molecule has 1 amide bonds. The molecule has 0 spiro atoms. The van der Waals surface area contributed by atoms with Crippen molar-refractivity contribution in [1.82, 2.24) is 15.0 Å². The number of aromatic nitrogens is 2. The third-order valence-corrected chi connectivity index (χ3v) is 8.51. The van der Waals surface area contributed by atoms with E-state index in [0.717, 1.165) is 13.2 Å². The molecule has 3 rings (SSSR count). The summed E-state index contributed by atoms with van der Waals surface area (Å²) in [6.45, 7) is 0.854. The van der Waals surface area contributed by atoms with Gasteiger partial charge in [-0.3, -0.25) is 23.9 Å². The zero-order valence-electron chi connectivity index (χ0n) is 19.4. The highest BCUT2D eigenvalue weighted by Crippen LogP contribution is 2.49. The lowest BCUT2D eigenvalue weighted by Crippen LogP contribution is -2.50. The fraction of sp³-hybridized carbons (Fsp3) is 0.409. The van der Waals surface area contributed by atoms with Crippen LogP contribution >= 0.6 is 7.82 Å². The Hall–Kier alpha value is -3.03. The Morgan fingerprint density at radius 3 is 2.61 bits per heavy atom. The molecule has 1 heterocycles. The van der Waals surface area contributed by atoms with Crippen molar-refractivity contribution in [2.45, 2.75) is 37.5 Å². The van der Waals surface area contributed by atoms with Crippen molar-refractivity contribution < 1.29 is 37.3 Å². The van der Waals surface area contributed by atoms with Crippen LogP contribution in [-0.4, -0.2) is 56.5 Å². The van der Waals surface area contributed by atoms with E-state index in [1.807, 2.05) is 0 Å². The number of amides is 1. The summed E-state index contributed by atoms with van der Waals surface area (Å²) in [5.74, 6) is 9.93. The standard InChI is InChI=1S/C22H24N3O9PS/c1-21(20(27)24-28,36(2,32)33)11-12-25-15-23-18-13-16(6-7-17(18)19(25)26)5-3-4-8-22(9-10-22)14-34-35(29,30)31/h6-7,13,15,28H,9-12,14H2,1-2H3,(H,24,27)(H2,29,30,31)/t21-/m1/s1. The van der Waals surface area contributed by atoms with Crippen LogP contribution in [0.15, 0.2) is 29.3 Å². The van der Waals surface area contributed by atoms with Crippen molar-refractivity contribution in [2.24, 2.45) is 5.41 Å². The molecule has 1 aromatic carbocycles. The summed E-state index contributed by atoms with van der Waals surface area (Å²) in [6.07, 6.45) is 3.15. The van der Waals surface area contributed by atoms with Crippen molar-refractivity contribution in [2.75, 3.05) is 12.9 Å². The number of nitrogens with zero attached hydrogens (tertiary/aromatic N) is 2. The predicted octanol–water partition coefficient (Wildman–Crippen LogP) is 0.340. The zero-order valence-corrected chi connectivity index (χ0v) is 21.1. The number of hydroxylamine groups is 1. The van der Waals surface area contributed by atoms with Crippen LogP contribution in [0.1, 0.15) is 31.7 Å². The van der Waals surface area contributed by atoms with Crippen molar-refractivity contribution in [3.63, 3.8) is 0 Å². The molecule has 0 aliphatic heterocycles. The molecule has 4 N–H and O–H groups in total. The predicted molar refractivity (Wildman–Crippen MR) is 128 cm³/mol. The van der Waals surface area contributed by atoms with Gasteiger partial charge in [-0.2, -0.15) is 0 Å². The van der Waals surface area contributed by atoms with Crippen LogP contribution in [-0.2, 0) is 30.3 Å². The number of nitrogens with one attached hydrogen (secondary N) is 1. The van der Waals surface area contributed by atoms with E-state index >= 15 is 0 Å². The van der Waals surface area contributed by atoms with Crippen LogP contribution in [0.2, 0.25) is 0 Å². The van der Waals surface area contributed by atoms with E-state index in [9.17, 15) is 22.6 Å². The van der Waals surface area contributed by atoms with Gasteiger partial charge in [-0.15, -0.1) is 0 Å². The first-order valence-corrected chi connectivity index (χ1v) is 14.0. The fourth-order valence-corrected chi connectivity index (χ4v) is 4.51. The first-order chi connectivity index (χ1) is 16.7. The number of hydrogen-bond donors (Lipinski definition) is 4. The van der Waals surface area contributed by atoms with Crippen LogP contribution in [0.4, 0.5) is 0 Å². The summed E-state index contributed by atoms with van der Waals surface area (Å²) in [5.41, 5.74) is 1.20. The van der Waals surface area contributed by atoms with Gasteiger partial charge in [0, 0.05) is 18.4 Å². The summed E-state index contributed by atoms with van der Waals surface area (Å²) in [6, 6.07) is 4.69. The molecule has 192 valence electrons. The third kappa shape index (κ3) is 6.39. The number of sulfone groups is 1. The van der Waals surface area contributed by atoms with Crippen molar-refractivity contribution in [1.29, 1.82) is 0 Å². The maximum atomic E-state index is 12.9. The Bertz CT molecular complexity index is 1540. The molecule has 1 aromatic heterocycles. The van der Waals surface area contributed by atoms with E-state index in [2.05, 4.69) is 33.2 Å². The monoisotopic (exact) mass is 537 g/mol. The largest absolute Gasteiger partial charge is 0.469 e. The minimum atomic E-state index is -4.56. The number of hydrogen-bond acceptors (Lipinski definition) is 8. The molecule has 1 aliphatic rings. The van der Waals surface area contributed by atoms with Crippen molar-refractivity contribution in [3.05, 3.63) is 40.4 Å². The Labute approximate surface area is 206 Å². The molecular weight excluding hydrogens is 513 g/mol. The summed E-state index contributed by atoms with van der Waals surface area (Å²) in [7, 11) is -8.47. The van der Waals surface area contributed by atoms with Crippen molar-refractivity contribution >= 4 is 34.5 Å². The topological polar surface area (TPSA) is 185 Å². The van der Waals surface area contributed by atoms with Gasteiger partial charge < -0.3 is 9.79 Å². The van der Waals surface area contributed by atoms with Crippen LogP contribution in [0.25, 0.3) is 10.9 Å². The molecule has 0 radical (unpaired) electrons. The molecule has 0 saturated heterocycles. The molecule has 1 saturated carbocycles. The molecule has 1 fully saturated rings. The summed E-state index contributed by atoms with van der Waals surface area (Å²) < 4.78 is 38.8. The van der Waals surface area contributed by atoms with Crippen molar-refractivity contribution in [3.8, 4) is 23.7 Å². The molecular formula is C22H24N3O9PS. The SMILES string of the molecule is C[C@@](CCn1cnc2cc(C#CC#CC3(COP(=O)(O)O)CC3)ccc2c1=O)(C(=O)NO)S(C)(=O)=O. The van der Waals surface area contributed by atoms with Gasteiger partial charge in [-0.25, -0.2) is 23.4 Å². The second-order valence-electron chi connectivity index (χ2n) is 8.71. The average Bonchev–Trinajstić information content (AvgIpc) is 3.58. The highest BCUT2D eigenvalue weighted by Gasteiger charge is 2.44. The van der Waals surface area contributed by atoms with Gasteiger partial charge in [-0.1, -0.05) is 11.8 Å². The van der Waals surface area contributed by atoms with Crippen LogP contribution in [0.3, 0.4) is 0 Å². The number of phosphoric acid groups is 1. The van der Waals surface area contributed by atoms with E-state index in [-0.39, 0.29) is 25.0 Å². The van der Waals surface area contributed by atoms with Gasteiger partial charge in [-0.05, 0) is 56.2 Å². The van der Waals surface area contributed by atoms with E-state index < -0.39 is 39.3 Å². The number of carbonyl (C=O) groups is 1. The first kappa shape index (κ1) is 27.6. The average molecular weight is 537 g/mol. The number of aryl methyl sites for hydroxylation is 1. The summed E-state index contributed by atoms with van der Waals surface area (Å²) in [4.78, 5) is 46.7. The van der Waals surface area contributed by atoms with Crippen LogP contribution < -0.4 is 11.0 Å². The molecule has 0 unspecified atom stereocenters. The van der Waals surface area contributed by atoms with Gasteiger partial charge in [0.15, 0.2) is 14.6 Å². The van der Waals surface area contributed by atoms with E-state index in [1.54, 1.807) is 12.1 Å². The Kier molecular flexibility index (Phi) is 7.77. The number of carbonyl (C=O) groups excluding carboxylic acids is 1. The summed E-state index contributed by atoms with van der Waals surface area (Å²) in [5, 5.41) is 9.19. The molecule has 2 aromatic rings. The molecule has 1 atom stereocenters. The third-order valence-electron chi connectivity index (χ3n) is 6.01. The maximum Gasteiger partial charge on any atom is 0.469 e. The maximum absolute atomic E-state index is 12.9. The minimum Gasteiger partial charge on any atom is -0.303 e. The highest BCUT2D eigenvalue weighted by atomic mass is 32.2. The lowest BCUT2D eigenvalue weighted by Gasteiger charge is -2.25. The highest BCUT2D eigenvalue weighted by molar-refractivity contribution is 7.92. The van der Waals surface area contributed by atoms with Crippen LogP contribution in [0, 0.1) is 29.1 Å². The van der Waals surface area contributed by atoms with Gasteiger partial charge in [0.25, 0.3) is 11.5 Å². The Balaban J connectivity index is 1.77. The second-order valence-corrected chi connectivity index (χ2v) is 12.4. The van der Waals surface area contributed by atoms with Gasteiger partial charge in [0.2, 0.25) is 0 Å². The van der Waals surface area contributed by atoms with Crippen LogP contribution in [0.5, 0.6) is 0 Å². The number of fused-ring (bicyclic) bond motifs is 1. The lowest BCUT2D eigenvalue weighted by atomic mass is 10.1. The minimum absolute atomic E-state index is 0.136. The number of phosphoric ester groups is 1. The van der Waals surface area contributed by atoms with E-state index in [1.165, 1.54) is 22.4 Å². The van der Waals surface area contributed by atoms with Gasteiger partial charge in [0.1, 0.15) is 0 Å². The van der Waals surface area contributed by atoms with Gasteiger partial charge >= 0.3 is 7.82 Å². The molecule has 0 bridgehead atoms. The molecule has 36 heavy (non-hydrogen) atoms. The van der Waals surface area contributed by atoms with E-state index in [4.69, 9.17) is 15.0 Å². The second kappa shape index (κ2) is 10.1. The number of rotatable bonds is 8. The molecule has 12 nitrogen and oxygen atoms in total. The number of benzene rings is 1. The lowest BCUT2D eigenvalue weighted by molar-refractivity contribution is -0.131. The Morgan fingerprint density at radius 1 is 1.33 bits per heavy atom. The smallest absolute Gasteiger partial charge is 0.303 e. The summed E-state index contributed by atoms with van der Waals surface area (Å²) >= 11 is 0. The Morgan fingerprint density at radius 2 is 2.03 bits per heavy atom. The fourth-order valence-electron chi connectivity index (χ4n) is 3.25. The van der Waals surface area contributed by atoms with E-state index in [0.29, 0.717) is 23.9 Å². The first-order valence-electron chi connectivity index (χ1n) is 10.6. The quantitative estimate of drug-likeness (QED) is 0.158. The molecule has 1 aliphatic carbocycles.